The molecular formula is C19H34N8O8S. The topological polar surface area (TPSA) is 295 Å². The van der Waals surface area contributed by atoms with Crippen LogP contribution >= 0.6 is 12.6 Å². The van der Waals surface area contributed by atoms with Crippen molar-refractivity contribution in [3.8, 4) is 0 Å². The second-order valence-electron chi connectivity index (χ2n) is 7.70. The molecule has 0 radical (unpaired) electrons. The van der Waals surface area contributed by atoms with Crippen LogP contribution in [0.1, 0.15) is 38.5 Å². The molecule has 0 aromatic carbocycles. The van der Waals surface area contributed by atoms with Crippen LogP contribution in [0.3, 0.4) is 0 Å². The Morgan fingerprint density at radius 2 is 1.28 bits per heavy atom. The third-order valence-electron chi connectivity index (χ3n) is 4.69. The largest absolute Gasteiger partial charge is 0.481 e. The van der Waals surface area contributed by atoms with Crippen LogP contribution in [0.5, 0.6) is 0 Å². The Morgan fingerprint density at radius 3 is 1.75 bits per heavy atom. The van der Waals surface area contributed by atoms with Crippen molar-refractivity contribution in [1.29, 1.82) is 0 Å². The van der Waals surface area contributed by atoms with Gasteiger partial charge in [-0.25, -0.2) is 4.79 Å². The van der Waals surface area contributed by atoms with E-state index >= 15 is 0 Å². The lowest BCUT2D eigenvalue weighted by molar-refractivity contribution is -0.142. The Balaban J connectivity index is 5.66. The molecule has 0 saturated carbocycles. The molecule has 0 spiro atoms. The summed E-state index contributed by atoms with van der Waals surface area (Å²) in [5.41, 5.74) is 21.1. The van der Waals surface area contributed by atoms with E-state index < -0.39 is 66.2 Å². The van der Waals surface area contributed by atoms with Crippen molar-refractivity contribution in [2.75, 3.05) is 12.3 Å². The molecule has 0 aliphatic carbocycles. The lowest BCUT2D eigenvalue weighted by atomic mass is 10.1. The fourth-order valence-electron chi connectivity index (χ4n) is 2.76. The molecule has 4 atom stereocenters. The summed E-state index contributed by atoms with van der Waals surface area (Å²) in [4.78, 5) is 75.1. The molecule has 4 amide bonds. The van der Waals surface area contributed by atoms with Gasteiger partial charge in [-0.15, -0.1) is 0 Å². The van der Waals surface area contributed by atoms with E-state index in [1.807, 2.05) is 0 Å². The number of nitrogens with zero attached hydrogens (tertiary/aromatic N) is 1. The Morgan fingerprint density at radius 1 is 0.778 bits per heavy atom. The monoisotopic (exact) mass is 534 g/mol. The van der Waals surface area contributed by atoms with Gasteiger partial charge >= 0.3 is 11.9 Å². The molecule has 0 rings (SSSR count). The molecule has 0 heterocycles. The highest BCUT2D eigenvalue weighted by atomic mass is 32.1. The minimum Gasteiger partial charge on any atom is -0.481 e. The summed E-state index contributed by atoms with van der Waals surface area (Å²) >= 11 is 3.90. The zero-order valence-electron chi connectivity index (χ0n) is 19.5. The van der Waals surface area contributed by atoms with E-state index in [9.17, 15) is 33.9 Å². The highest BCUT2D eigenvalue weighted by Gasteiger charge is 2.30. The van der Waals surface area contributed by atoms with E-state index in [4.69, 9.17) is 28.0 Å². The number of hydrogen-bond donors (Lipinski definition) is 10. The summed E-state index contributed by atoms with van der Waals surface area (Å²) in [6, 6.07) is -5.23. The van der Waals surface area contributed by atoms with Crippen molar-refractivity contribution in [1.82, 2.24) is 16.0 Å². The number of rotatable bonds is 18. The van der Waals surface area contributed by atoms with E-state index in [0.29, 0.717) is 0 Å². The highest BCUT2D eigenvalue weighted by Crippen LogP contribution is 2.06. The summed E-state index contributed by atoms with van der Waals surface area (Å²) in [5.74, 6) is -6.24. The smallest absolute Gasteiger partial charge is 0.326 e. The van der Waals surface area contributed by atoms with E-state index in [1.165, 1.54) is 0 Å². The predicted octanol–water partition coefficient (Wildman–Crippen LogP) is -4.03. The van der Waals surface area contributed by atoms with E-state index in [1.54, 1.807) is 0 Å². The molecule has 0 aromatic rings. The number of thiol groups is 1. The lowest BCUT2D eigenvalue weighted by Gasteiger charge is -2.25. The molecule has 0 fully saturated rings. The number of amides is 4. The first-order valence-corrected chi connectivity index (χ1v) is 11.5. The predicted molar refractivity (Wildman–Crippen MR) is 130 cm³/mol. The van der Waals surface area contributed by atoms with Crippen LogP contribution < -0.4 is 38.9 Å². The molecule has 204 valence electrons. The summed E-state index contributed by atoms with van der Waals surface area (Å²) < 4.78 is 0. The van der Waals surface area contributed by atoms with Crippen LogP contribution in [-0.4, -0.2) is 88.2 Å². The molecule has 4 unspecified atom stereocenters. The van der Waals surface area contributed by atoms with Crippen LogP contribution in [0.2, 0.25) is 0 Å². The first-order valence-electron chi connectivity index (χ1n) is 10.8. The SMILES string of the molecule is NC(=O)CCC(NC(=O)C(CCCN=C(N)N)NC(=O)C(CCC(=O)O)NC(=O)C(N)CS)C(=O)O. The lowest BCUT2D eigenvalue weighted by Crippen LogP contribution is -2.57. The van der Waals surface area contributed by atoms with Crippen LogP contribution in [-0.2, 0) is 28.8 Å². The highest BCUT2D eigenvalue weighted by molar-refractivity contribution is 7.80. The Hall–Kier alpha value is -3.60. The molecule has 13 N–H and O–H groups in total. The number of hydrogen-bond acceptors (Lipinski definition) is 9. The Bertz CT molecular complexity index is 836. The van der Waals surface area contributed by atoms with Crippen LogP contribution in [0.15, 0.2) is 4.99 Å². The van der Waals surface area contributed by atoms with E-state index in [2.05, 4.69) is 33.6 Å². The van der Waals surface area contributed by atoms with Gasteiger partial charge in [0.1, 0.15) is 18.1 Å². The summed E-state index contributed by atoms with van der Waals surface area (Å²) in [5, 5.41) is 25.2. The van der Waals surface area contributed by atoms with Crippen LogP contribution in [0.25, 0.3) is 0 Å². The number of aliphatic imine (C=N–C) groups is 1. The van der Waals surface area contributed by atoms with Gasteiger partial charge in [-0.2, -0.15) is 12.6 Å². The molecule has 16 nitrogen and oxygen atoms in total. The number of carboxylic acids is 2. The molecule has 0 saturated heterocycles. The maximum Gasteiger partial charge on any atom is 0.326 e. The number of primary amides is 1. The Labute approximate surface area is 212 Å². The maximum absolute atomic E-state index is 12.9. The normalized spacial score (nSPS) is 13.8. The molecular weight excluding hydrogens is 500 g/mol. The fourth-order valence-corrected chi connectivity index (χ4v) is 2.93. The first-order chi connectivity index (χ1) is 16.8. The third-order valence-corrected chi connectivity index (χ3v) is 5.08. The van der Waals surface area contributed by atoms with Gasteiger partial charge in [0.05, 0.1) is 6.04 Å². The standard InChI is InChI=1S/C19H34N8O8S/c20-9(8-36)15(31)25-11(4-6-14(29)30)17(33)26-10(2-1-7-24-19(22)23)16(32)27-12(18(34)35)3-5-13(21)28/h9-12,36H,1-8,20H2,(H2,21,28)(H,25,31)(H,26,33)(H,27,32)(H,29,30)(H,34,35)(H4,22,23,24). The van der Waals surface area contributed by atoms with Gasteiger partial charge in [0.15, 0.2) is 5.96 Å². The number of aliphatic carboxylic acids is 2. The van der Waals surface area contributed by atoms with Gasteiger partial charge < -0.3 is 49.1 Å². The second-order valence-corrected chi connectivity index (χ2v) is 8.06. The molecule has 0 aliphatic rings. The van der Waals surface area contributed by atoms with Crippen LogP contribution in [0.4, 0.5) is 0 Å². The van der Waals surface area contributed by atoms with E-state index in [-0.39, 0.29) is 50.4 Å². The van der Waals surface area contributed by atoms with Crippen molar-refractivity contribution >= 4 is 54.2 Å². The minimum atomic E-state index is -1.47. The first kappa shape index (κ1) is 32.4. The van der Waals surface area contributed by atoms with Crippen molar-refractivity contribution in [3.63, 3.8) is 0 Å². The Kier molecular flexibility index (Phi) is 15.2. The van der Waals surface area contributed by atoms with Gasteiger partial charge in [-0.05, 0) is 25.7 Å². The molecule has 0 aromatic heterocycles. The van der Waals surface area contributed by atoms with Gasteiger partial charge in [-0.1, -0.05) is 0 Å². The van der Waals surface area contributed by atoms with Crippen molar-refractivity contribution < 1.29 is 39.0 Å². The molecule has 0 bridgehead atoms. The average Bonchev–Trinajstić information content (AvgIpc) is 2.79. The summed E-state index contributed by atoms with van der Waals surface area (Å²) in [7, 11) is 0. The summed E-state index contributed by atoms with van der Waals surface area (Å²) in [6.07, 6.45) is -1.26. The quantitative estimate of drug-likeness (QED) is 0.0349. The van der Waals surface area contributed by atoms with Gasteiger partial charge in [0.25, 0.3) is 0 Å². The molecule has 0 aliphatic heterocycles. The van der Waals surface area contributed by atoms with Crippen molar-refractivity contribution in [2.45, 2.75) is 62.7 Å². The molecule has 17 heteroatoms. The number of nitrogens with two attached hydrogens (primary N) is 4. The average molecular weight is 535 g/mol. The summed E-state index contributed by atoms with van der Waals surface area (Å²) in [6.45, 7) is 0.0853. The zero-order chi connectivity index (χ0) is 27.8. The van der Waals surface area contributed by atoms with Gasteiger partial charge in [0, 0.05) is 25.1 Å². The maximum atomic E-state index is 12.9. The number of guanidine groups is 1. The molecule has 36 heavy (non-hydrogen) atoms. The fraction of sp³-hybridized carbons (Fsp3) is 0.632. The van der Waals surface area contributed by atoms with E-state index in [0.717, 1.165) is 0 Å². The van der Waals surface area contributed by atoms with Crippen molar-refractivity contribution in [2.24, 2.45) is 27.9 Å². The van der Waals surface area contributed by atoms with Crippen molar-refractivity contribution in [3.05, 3.63) is 0 Å². The zero-order valence-corrected chi connectivity index (χ0v) is 20.4. The third kappa shape index (κ3) is 14.0. The number of carboxylic acid groups (broad SMARTS) is 2. The van der Waals surface area contributed by atoms with Crippen LogP contribution in [0, 0.1) is 0 Å². The number of carbonyl (C=O) groups excluding carboxylic acids is 4. The number of nitrogens with one attached hydrogen (secondary N) is 3. The second kappa shape index (κ2) is 16.9. The van der Waals surface area contributed by atoms with Gasteiger partial charge in [-0.3, -0.25) is 29.0 Å². The number of carbonyl (C=O) groups is 6. The minimum absolute atomic E-state index is 0.0448. The van der Waals surface area contributed by atoms with Gasteiger partial charge in [0.2, 0.25) is 23.6 Å².